The Morgan fingerprint density at radius 2 is 0.472 bits per heavy atom. The quantitative estimate of drug-likeness (QED) is 0.140. The van der Waals surface area contributed by atoms with Crippen molar-refractivity contribution in [2.45, 2.75) is 0 Å². The van der Waals surface area contributed by atoms with E-state index in [0.29, 0.717) is 35.2 Å². The van der Waals surface area contributed by atoms with E-state index >= 15 is 0 Å². The topological polar surface area (TPSA) is 123 Å². The number of furan rings is 2. The zero-order valence-electron chi connectivity index (χ0n) is 57.8. The van der Waals surface area contributed by atoms with Gasteiger partial charge in [0, 0.05) is 87.1 Å². The number of nitrogens with zero attached hydrogens (tertiary/aromatic N) is 10. The molecule has 23 aromatic rings. The highest BCUT2D eigenvalue weighted by molar-refractivity contribution is 6.20. The first-order valence-corrected chi connectivity index (χ1v) is 36.2. The zero-order valence-corrected chi connectivity index (χ0v) is 57.8. The molecule has 0 N–H and O–H groups in total. The molecule has 0 bridgehead atoms. The fourth-order valence-electron chi connectivity index (χ4n) is 16.3. The van der Waals surface area contributed by atoms with Crippen LogP contribution in [0.5, 0.6) is 0 Å². The lowest BCUT2D eigenvalue weighted by Crippen LogP contribution is -2.06. The van der Waals surface area contributed by atoms with E-state index in [1.807, 2.05) is 42.5 Å². The van der Waals surface area contributed by atoms with Crippen LogP contribution in [-0.2, 0) is 0 Å². The summed E-state index contributed by atoms with van der Waals surface area (Å²) in [5, 5.41) is 13.3. The van der Waals surface area contributed by atoms with Gasteiger partial charge in [-0.3, -0.25) is 9.13 Å². The first kappa shape index (κ1) is 60.7. The Morgan fingerprint density at radius 3 is 0.861 bits per heavy atom. The van der Waals surface area contributed by atoms with Crippen molar-refractivity contribution >= 4 is 131 Å². The van der Waals surface area contributed by atoms with Gasteiger partial charge in [0.25, 0.3) is 0 Å². The standard InChI is InChI=1S/C51H31N5O.C45H27N5O/c1-3-14-32(15-4-1)33-26-28-34(29-27-33)49-52-50(54-51(53-49)56-44-24-11-7-18-36(44)37-19-8-12-25-45(37)56)40-22-13-21-39-42-30-46-41(31-47(42)57-48(39)40)38-20-9-10-23-43(38)55(46)35-16-5-2-6-17-35;1-3-14-28(15-4-1)43-46-44(48-45(47-43)50-38-24-11-7-18-30(38)31-19-8-12-25-39(31)50)34-22-13-21-33-36-26-40-35(27-41(36)51-42(33)34)32-20-9-10-23-37(32)49(40)29-16-5-2-6-17-29/h1-31H;1-27H. The average molecular weight is 1380 g/mol. The predicted molar refractivity (Wildman–Crippen MR) is 439 cm³/mol. The minimum Gasteiger partial charge on any atom is -0.455 e. The van der Waals surface area contributed by atoms with E-state index in [1.165, 1.54) is 10.8 Å². The highest BCUT2D eigenvalue weighted by Crippen LogP contribution is 2.45. The molecule has 12 heteroatoms. The van der Waals surface area contributed by atoms with Gasteiger partial charge in [-0.05, 0) is 108 Å². The lowest BCUT2D eigenvalue weighted by molar-refractivity contribution is 0.669. The van der Waals surface area contributed by atoms with Crippen LogP contribution in [-0.4, -0.2) is 48.2 Å². The normalized spacial score (nSPS) is 11.9. The van der Waals surface area contributed by atoms with Crippen LogP contribution in [0.4, 0.5) is 0 Å². The van der Waals surface area contributed by atoms with Gasteiger partial charge in [-0.1, -0.05) is 255 Å². The summed E-state index contributed by atoms with van der Waals surface area (Å²) in [5.74, 6) is 3.37. The number of para-hydroxylation sites is 10. The molecule has 8 heterocycles. The maximum absolute atomic E-state index is 6.87. The molecular formula is C96H58N10O2. The maximum Gasteiger partial charge on any atom is 0.238 e. The lowest BCUT2D eigenvalue weighted by atomic mass is 10.0. The molecule has 108 heavy (non-hydrogen) atoms. The summed E-state index contributed by atoms with van der Waals surface area (Å²) in [6, 6.07) is 122. The largest absolute Gasteiger partial charge is 0.455 e. The Morgan fingerprint density at radius 1 is 0.185 bits per heavy atom. The smallest absolute Gasteiger partial charge is 0.238 e. The van der Waals surface area contributed by atoms with E-state index < -0.39 is 0 Å². The second-order valence-corrected chi connectivity index (χ2v) is 27.3. The summed E-state index contributed by atoms with van der Waals surface area (Å²) in [6.45, 7) is 0. The molecule has 504 valence electrons. The molecule has 0 aliphatic carbocycles. The number of fused-ring (bicyclic) bond motifs is 18. The lowest BCUT2D eigenvalue weighted by Gasteiger charge is -2.11. The molecule has 0 saturated heterocycles. The summed E-state index contributed by atoms with van der Waals surface area (Å²) in [6.07, 6.45) is 0. The Labute approximate surface area is 616 Å². The molecule has 0 saturated carbocycles. The van der Waals surface area contributed by atoms with E-state index in [0.717, 1.165) is 165 Å². The number of aromatic nitrogens is 10. The molecule has 23 rings (SSSR count). The van der Waals surface area contributed by atoms with E-state index in [1.54, 1.807) is 0 Å². The Balaban J connectivity index is 0.000000135. The van der Waals surface area contributed by atoms with Crippen molar-refractivity contribution in [1.82, 2.24) is 48.2 Å². The van der Waals surface area contributed by atoms with Crippen molar-refractivity contribution < 1.29 is 8.83 Å². The number of rotatable bonds is 9. The highest BCUT2D eigenvalue weighted by atomic mass is 16.3. The molecule has 0 atom stereocenters. The third-order valence-corrected chi connectivity index (χ3v) is 21.2. The first-order valence-electron chi connectivity index (χ1n) is 36.2. The summed E-state index contributed by atoms with van der Waals surface area (Å²) in [5.41, 5.74) is 19.8. The van der Waals surface area contributed by atoms with Gasteiger partial charge in [0.2, 0.25) is 11.9 Å². The molecule has 12 nitrogen and oxygen atoms in total. The van der Waals surface area contributed by atoms with Crippen molar-refractivity contribution in [1.29, 1.82) is 0 Å². The second-order valence-electron chi connectivity index (χ2n) is 27.3. The third-order valence-electron chi connectivity index (χ3n) is 21.2. The molecule has 0 unspecified atom stereocenters. The van der Waals surface area contributed by atoms with Crippen molar-refractivity contribution in [3.05, 3.63) is 352 Å². The van der Waals surface area contributed by atoms with Gasteiger partial charge >= 0.3 is 0 Å². The molecule has 0 radical (unpaired) electrons. The van der Waals surface area contributed by atoms with Gasteiger partial charge < -0.3 is 18.0 Å². The Bertz CT molecular complexity index is 7440. The molecule has 8 aromatic heterocycles. The average Bonchev–Trinajstić information content (AvgIpc) is 1.58. The minimum absolute atomic E-state index is 0.539. The number of hydrogen-bond donors (Lipinski definition) is 0. The summed E-state index contributed by atoms with van der Waals surface area (Å²) in [7, 11) is 0. The van der Waals surface area contributed by atoms with Crippen LogP contribution in [0.15, 0.2) is 361 Å². The molecule has 15 aromatic carbocycles. The molecule has 0 aliphatic heterocycles. The second kappa shape index (κ2) is 24.4. The highest BCUT2D eigenvalue weighted by Gasteiger charge is 2.26. The van der Waals surface area contributed by atoms with Gasteiger partial charge in [0.05, 0.1) is 55.3 Å². The molecular weight excluding hydrogens is 1330 g/mol. The van der Waals surface area contributed by atoms with Gasteiger partial charge in [0.15, 0.2) is 23.3 Å². The van der Waals surface area contributed by atoms with Crippen LogP contribution in [0.2, 0.25) is 0 Å². The fraction of sp³-hybridized carbons (Fsp3) is 0. The number of hydrogen-bond acceptors (Lipinski definition) is 8. The Kier molecular flexibility index (Phi) is 13.7. The third kappa shape index (κ3) is 9.64. The molecule has 0 spiro atoms. The Hall–Kier alpha value is -14.9. The van der Waals surface area contributed by atoms with E-state index in [9.17, 15) is 0 Å². The van der Waals surface area contributed by atoms with Crippen LogP contribution < -0.4 is 0 Å². The van der Waals surface area contributed by atoms with E-state index in [-0.39, 0.29) is 0 Å². The predicted octanol–water partition coefficient (Wildman–Crippen LogP) is 24.3. The maximum atomic E-state index is 6.87. The van der Waals surface area contributed by atoms with Gasteiger partial charge in [-0.2, -0.15) is 19.9 Å². The minimum atomic E-state index is 0.539. The van der Waals surface area contributed by atoms with Crippen molar-refractivity contribution in [3.63, 3.8) is 0 Å². The van der Waals surface area contributed by atoms with Gasteiger partial charge in [0.1, 0.15) is 22.3 Å². The summed E-state index contributed by atoms with van der Waals surface area (Å²) < 4.78 is 22.7. The fourth-order valence-corrected chi connectivity index (χ4v) is 16.3. The number of benzene rings is 15. The molecule has 0 amide bonds. The van der Waals surface area contributed by atoms with Gasteiger partial charge in [-0.25, -0.2) is 9.97 Å². The van der Waals surface area contributed by atoms with Crippen molar-refractivity contribution in [2.75, 3.05) is 0 Å². The summed E-state index contributed by atoms with van der Waals surface area (Å²) >= 11 is 0. The summed E-state index contributed by atoms with van der Waals surface area (Å²) in [4.78, 5) is 31.1. The molecule has 0 fully saturated rings. The van der Waals surface area contributed by atoms with E-state index in [2.05, 4.69) is 328 Å². The van der Waals surface area contributed by atoms with Crippen LogP contribution in [0, 0.1) is 0 Å². The van der Waals surface area contributed by atoms with Crippen molar-refractivity contribution in [3.8, 4) is 79.9 Å². The SMILES string of the molecule is c1ccc(-c2ccc(-c3nc(-c4cccc5c4oc4cc6c7ccccc7n(-c7ccccc7)c6cc45)nc(-n4c5ccccc5c5ccccc54)n3)cc2)cc1.c1ccc(-c2nc(-c3cccc4c3oc3cc5c6ccccc6n(-c6ccccc6)c5cc34)nc(-n3c4ccccc4c4ccccc43)n2)cc1. The van der Waals surface area contributed by atoms with Gasteiger partial charge in [-0.15, -0.1) is 0 Å². The zero-order chi connectivity index (χ0) is 70.9. The molecule has 0 aliphatic rings. The van der Waals surface area contributed by atoms with E-state index in [4.69, 9.17) is 38.7 Å². The van der Waals surface area contributed by atoms with Crippen LogP contribution >= 0.6 is 0 Å². The van der Waals surface area contributed by atoms with Crippen molar-refractivity contribution in [2.24, 2.45) is 0 Å². The monoisotopic (exact) mass is 1380 g/mol. The van der Waals surface area contributed by atoms with Crippen LogP contribution in [0.1, 0.15) is 0 Å². The van der Waals surface area contributed by atoms with Crippen LogP contribution in [0.3, 0.4) is 0 Å². The first-order chi connectivity index (χ1) is 53.6. The van der Waals surface area contributed by atoms with Crippen LogP contribution in [0.25, 0.3) is 211 Å².